The zero-order chi connectivity index (χ0) is 14.8. The van der Waals surface area contributed by atoms with Gasteiger partial charge in [-0.05, 0) is 18.2 Å². The van der Waals surface area contributed by atoms with Gasteiger partial charge in [-0.3, -0.25) is 4.79 Å². The van der Waals surface area contributed by atoms with Crippen molar-refractivity contribution < 1.29 is 4.74 Å². The maximum Gasteiger partial charge on any atom is 0.275 e. The van der Waals surface area contributed by atoms with Crippen molar-refractivity contribution in [3.63, 3.8) is 0 Å². The fourth-order valence-corrected chi connectivity index (χ4v) is 2.26. The standard InChI is InChI=1S/C14H11ClN4O2/c1-21-10-5-3-2-4-9(10)17-13-12-8(6-11(15)18-13)7-16-19-14(12)20/h2-7H,1H3,(H,17,18)(H,19,20). The van der Waals surface area contributed by atoms with Crippen LogP contribution >= 0.6 is 11.6 Å². The zero-order valence-electron chi connectivity index (χ0n) is 11.1. The Balaban J connectivity index is 2.19. The van der Waals surface area contributed by atoms with Gasteiger partial charge in [0.15, 0.2) is 0 Å². The van der Waals surface area contributed by atoms with Crippen LogP contribution in [0.5, 0.6) is 5.75 Å². The van der Waals surface area contributed by atoms with Crippen molar-refractivity contribution in [3.05, 3.63) is 52.0 Å². The van der Waals surface area contributed by atoms with Crippen molar-refractivity contribution in [1.82, 2.24) is 15.2 Å². The second-order valence-corrected chi connectivity index (χ2v) is 4.67. The third-order valence-electron chi connectivity index (χ3n) is 2.98. The lowest BCUT2D eigenvalue weighted by atomic mass is 10.2. The molecule has 0 bridgehead atoms. The summed E-state index contributed by atoms with van der Waals surface area (Å²) in [6, 6.07) is 8.92. The molecule has 3 aromatic rings. The van der Waals surface area contributed by atoms with Gasteiger partial charge in [0.05, 0.1) is 24.4 Å². The molecule has 0 radical (unpaired) electrons. The average molecular weight is 303 g/mol. The Morgan fingerprint density at radius 3 is 2.95 bits per heavy atom. The Kier molecular flexibility index (Phi) is 3.45. The molecule has 0 fully saturated rings. The van der Waals surface area contributed by atoms with E-state index in [0.717, 1.165) is 0 Å². The number of pyridine rings is 1. The van der Waals surface area contributed by atoms with E-state index >= 15 is 0 Å². The molecule has 2 aromatic heterocycles. The van der Waals surface area contributed by atoms with Crippen LogP contribution in [0, 0.1) is 0 Å². The van der Waals surface area contributed by atoms with Crippen LogP contribution in [0.2, 0.25) is 5.15 Å². The maximum atomic E-state index is 12.0. The molecule has 2 N–H and O–H groups in total. The molecule has 0 spiro atoms. The Morgan fingerprint density at radius 1 is 1.33 bits per heavy atom. The van der Waals surface area contributed by atoms with E-state index in [4.69, 9.17) is 16.3 Å². The number of nitrogens with one attached hydrogen (secondary N) is 2. The van der Waals surface area contributed by atoms with Gasteiger partial charge >= 0.3 is 0 Å². The molecule has 7 heteroatoms. The molecular weight excluding hydrogens is 292 g/mol. The van der Waals surface area contributed by atoms with Crippen molar-refractivity contribution >= 4 is 33.9 Å². The van der Waals surface area contributed by atoms with Gasteiger partial charge in [0.25, 0.3) is 5.56 Å². The highest BCUT2D eigenvalue weighted by Crippen LogP contribution is 2.29. The maximum absolute atomic E-state index is 12.0. The Labute approximate surface area is 124 Å². The predicted octanol–water partition coefficient (Wildman–Crippen LogP) is 2.72. The van der Waals surface area contributed by atoms with Crippen LogP contribution in [-0.2, 0) is 0 Å². The molecule has 6 nitrogen and oxygen atoms in total. The monoisotopic (exact) mass is 302 g/mol. The minimum absolute atomic E-state index is 0.271. The third-order valence-corrected chi connectivity index (χ3v) is 3.17. The lowest BCUT2D eigenvalue weighted by Gasteiger charge is -2.11. The molecule has 0 aliphatic carbocycles. The van der Waals surface area contributed by atoms with Crippen molar-refractivity contribution in [2.45, 2.75) is 0 Å². The second-order valence-electron chi connectivity index (χ2n) is 4.28. The summed E-state index contributed by atoms with van der Waals surface area (Å²) in [4.78, 5) is 16.2. The van der Waals surface area contributed by atoms with Crippen LogP contribution in [0.3, 0.4) is 0 Å². The lowest BCUT2D eigenvalue weighted by Crippen LogP contribution is -2.11. The van der Waals surface area contributed by atoms with Gasteiger partial charge in [0.1, 0.15) is 16.7 Å². The highest BCUT2D eigenvalue weighted by molar-refractivity contribution is 6.30. The molecular formula is C14H11ClN4O2. The van der Waals surface area contributed by atoms with Gasteiger partial charge in [0.2, 0.25) is 0 Å². The van der Waals surface area contributed by atoms with E-state index in [0.29, 0.717) is 28.0 Å². The van der Waals surface area contributed by atoms with E-state index in [1.165, 1.54) is 6.20 Å². The lowest BCUT2D eigenvalue weighted by molar-refractivity contribution is 0.417. The van der Waals surface area contributed by atoms with E-state index < -0.39 is 0 Å². The van der Waals surface area contributed by atoms with Gasteiger partial charge < -0.3 is 10.1 Å². The highest BCUT2D eigenvalue weighted by atomic mass is 35.5. The fourth-order valence-electron chi connectivity index (χ4n) is 2.05. The quantitative estimate of drug-likeness (QED) is 0.727. The molecule has 0 amide bonds. The van der Waals surface area contributed by atoms with Crippen molar-refractivity contribution in [1.29, 1.82) is 0 Å². The number of nitrogens with zero attached hydrogens (tertiary/aromatic N) is 2. The van der Waals surface area contributed by atoms with E-state index in [9.17, 15) is 4.79 Å². The molecule has 21 heavy (non-hydrogen) atoms. The van der Waals surface area contributed by atoms with Crippen molar-refractivity contribution in [2.24, 2.45) is 0 Å². The first-order chi connectivity index (χ1) is 10.2. The molecule has 106 valence electrons. The number of aromatic nitrogens is 3. The summed E-state index contributed by atoms with van der Waals surface area (Å²) in [5, 5.41) is 10.5. The molecule has 0 unspecified atom stereocenters. The summed E-state index contributed by atoms with van der Waals surface area (Å²) in [5.74, 6) is 0.989. The largest absolute Gasteiger partial charge is 0.495 e. The Hall–Kier alpha value is -2.60. The van der Waals surface area contributed by atoms with Gasteiger partial charge in [-0.15, -0.1) is 0 Å². The molecule has 0 aliphatic heterocycles. The first-order valence-electron chi connectivity index (χ1n) is 6.13. The van der Waals surface area contributed by atoms with Gasteiger partial charge in [-0.1, -0.05) is 23.7 Å². The summed E-state index contributed by atoms with van der Waals surface area (Å²) in [6.07, 6.45) is 1.53. The third kappa shape index (κ3) is 2.53. The first kappa shape index (κ1) is 13.4. The molecule has 0 aliphatic rings. The topological polar surface area (TPSA) is 79.9 Å². The normalized spacial score (nSPS) is 10.6. The molecule has 0 saturated carbocycles. The first-order valence-corrected chi connectivity index (χ1v) is 6.51. The number of hydrogen-bond acceptors (Lipinski definition) is 5. The Bertz CT molecular complexity index is 863. The van der Waals surface area contributed by atoms with Crippen LogP contribution in [0.1, 0.15) is 0 Å². The van der Waals surface area contributed by atoms with Crippen molar-refractivity contribution in [2.75, 3.05) is 12.4 Å². The molecule has 0 atom stereocenters. The number of halogens is 1. The van der Waals surface area contributed by atoms with Crippen molar-refractivity contribution in [3.8, 4) is 5.75 Å². The zero-order valence-corrected chi connectivity index (χ0v) is 11.8. The van der Waals surface area contributed by atoms with E-state index in [1.807, 2.05) is 18.2 Å². The van der Waals surface area contributed by atoms with Crippen LogP contribution in [0.25, 0.3) is 10.8 Å². The number of aromatic amines is 1. The molecule has 0 saturated heterocycles. The van der Waals surface area contributed by atoms with Crippen LogP contribution < -0.4 is 15.6 Å². The van der Waals surface area contributed by atoms with Crippen LogP contribution in [0.15, 0.2) is 41.3 Å². The van der Waals surface area contributed by atoms with Gasteiger partial charge in [-0.2, -0.15) is 5.10 Å². The summed E-state index contributed by atoms with van der Waals surface area (Å²) < 4.78 is 5.27. The van der Waals surface area contributed by atoms with E-state index in [-0.39, 0.29) is 10.7 Å². The number of anilines is 2. The predicted molar refractivity (Wildman–Crippen MR) is 81.4 cm³/mol. The number of benzene rings is 1. The summed E-state index contributed by atoms with van der Waals surface area (Å²) in [5.41, 5.74) is 0.348. The number of fused-ring (bicyclic) bond motifs is 1. The van der Waals surface area contributed by atoms with Crippen LogP contribution in [-0.4, -0.2) is 22.3 Å². The fraction of sp³-hybridized carbons (Fsp3) is 0.0714. The Morgan fingerprint density at radius 2 is 2.14 bits per heavy atom. The molecule has 2 heterocycles. The summed E-state index contributed by atoms with van der Waals surface area (Å²) in [7, 11) is 1.57. The number of ether oxygens (including phenoxy) is 1. The molecule has 1 aromatic carbocycles. The van der Waals surface area contributed by atoms with Gasteiger partial charge in [0, 0.05) is 5.39 Å². The smallest absolute Gasteiger partial charge is 0.275 e. The van der Waals surface area contributed by atoms with E-state index in [2.05, 4.69) is 20.5 Å². The van der Waals surface area contributed by atoms with Gasteiger partial charge in [-0.25, -0.2) is 10.1 Å². The van der Waals surface area contributed by atoms with Crippen LogP contribution in [0.4, 0.5) is 11.5 Å². The average Bonchev–Trinajstić information content (AvgIpc) is 2.47. The number of methoxy groups -OCH3 is 1. The number of para-hydroxylation sites is 2. The SMILES string of the molecule is COc1ccccc1Nc1nc(Cl)cc2cn[nH]c(=O)c12. The number of rotatable bonds is 3. The minimum Gasteiger partial charge on any atom is -0.495 e. The summed E-state index contributed by atoms with van der Waals surface area (Å²) >= 11 is 5.99. The summed E-state index contributed by atoms with van der Waals surface area (Å²) in [6.45, 7) is 0. The molecule has 3 rings (SSSR count). The van der Waals surface area contributed by atoms with E-state index in [1.54, 1.807) is 19.2 Å². The highest BCUT2D eigenvalue weighted by Gasteiger charge is 2.11. The second kappa shape index (κ2) is 5.41. The number of hydrogen-bond donors (Lipinski definition) is 2. The number of H-pyrrole nitrogens is 1. The minimum atomic E-state index is -0.339.